The monoisotopic (exact) mass is 503 g/mol. The number of rotatable bonds is 6. The average molecular weight is 504 g/mol. The van der Waals surface area contributed by atoms with Crippen molar-refractivity contribution in [3.8, 4) is 0 Å². The zero-order valence-corrected chi connectivity index (χ0v) is 20.3. The van der Waals surface area contributed by atoms with Gasteiger partial charge in [-0.05, 0) is 68.4 Å². The third kappa shape index (κ3) is 6.07. The van der Waals surface area contributed by atoms with Crippen LogP contribution in [0.1, 0.15) is 59.2 Å². The van der Waals surface area contributed by atoms with E-state index in [2.05, 4.69) is 15.5 Å². The molecule has 2 aromatic rings. The fourth-order valence-corrected chi connectivity index (χ4v) is 5.42. The average Bonchev–Trinajstić information content (AvgIpc) is 3.31. The molecule has 1 unspecified atom stereocenters. The van der Waals surface area contributed by atoms with Crippen LogP contribution in [-0.2, 0) is 16.6 Å². The predicted molar refractivity (Wildman–Crippen MR) is 129 cm³/mol. The molecular formula is C27H32F3N3O3. The molecule has 2 amide bonds. The molecule has 0 spiro atoms. The summed E-state index contributed by atoms with van der Waals surface area (Å²) in [7, 11) is 0. The van der Waals surface area contributed by atoms with Gasteiger partial charge in [-0.25, -0.2) is 0 Å². The van der Waals surface area contributed by atoms with Crippen molar-refractivity contribution in [1.82, 2.24) is 15.5 Å². The Morgan fingerprint density at radius 3 is 2.50 bits per heavy atom. The molecule has 36 heavy (non-hydrogen) atoms. The highest BCUT2D eigenvalue weighted by Gasteiger charge is 2.39. The number of aliphatic hydroxyl groups is 1. The van der Waals surface area contributed by atoms with Gasteiger partial charge in [-0.3, -0.25) is 14.5 Å². The lowest BCUT2D eigenvalue weighted by atomic mass is 9.76. The molecule has 1 saturated heterocycles. The zero-order chi connectivity index (χ0) is 25.9. The van der Waals surface area contributed by atoms with E-state index in [-0.39, 0.29) is 24.1 Å². The summed E-state index contributed by atoms with van der Waals surface area (Å²) in [6.07, 6.45) is -0.627. The molecule has 194 valence electrons. The molecule has 6 nitrogen and oxygen atoms in total. The molecule has 2 aliphatic rings. The number of carbonyl (C=O) groups excluding carboxylic acids is 2. The standard InChI is InChI=1S/C27H32F3N3O3/c1-18-5-2-3-8-23(18)26(36)12-9-22(10-13-26)33-14-11-21(17-33)32-24(34)16-31-25(35)19-6-4-7-20(15-19)27(28,29)30/h2-8,15,21-22,36H,9-14,16-17H2,1H3,(H,31,35)(H,32,34). The van der Waals surface area contributed by atoms with Crippen LogP contribution in [0.4, 0.5) is 13.2 Å². The fraction of sp³-hybridized carbons (Fsp3) is 0.481. The molecule has 2 aromatic carbocycles. The highest BCUT2D eigenvalue weighted by atomic mass is 19.4. The number of nitrogens with one attached hydrogen (secondary N) is 2. The van der Waals surface area contributed by atoms with Gasteiger partial charge in [-0.15, -0.1) is 0 Å². The van der Waals surface area contributed by atoms with Gasteiger partial charge in [-0.2, -0.15) is 13.2 Å². The van der Waals surface area contributed by atoms with E-state index in [9.17, 15) is 27.9 Å². The van der Waals surface area contributed by atoms with E-state index < -0.39 is 23.2 Å². The third-order valence-electron chi connectivity index (χ3n) is 7.39. The third-order valence-corrected chi connectivity index (χ3v) is 7.39. The summed E-state index contributed by atoms with van der Waals surface area (Å²) < 4.78 is 38.6. The van der Waals surface area contributed by atoms with Crippen LogP contribution in [0.15, 0.2) is 48.5 Å². The summed E-state index contributed by atoms with van der Waals surface area (Å²) >= 11 is 0. The second-order valence-corrected chi connectivity index (χ2v) is 9.89. The molecule has 0 aromatic heterocycles. The topological polar surface area (TPSA) is 81.7 Å². The normalized spacial score (nSPS) is 24.9. The van der Waals surface area contributed by atoms with Crippen molar-refractivity contribution in [2.75, 3.05) is 19.6 Å². The summed E-state index contributed by atoms with van der Waals surface area (Å²) in [5, 5.41) is 16.5. The van der Waals surface area contributed by atoms with Crippen LogP contribution in [0.3, 0.4) is 0 Å². The van der Waals surface area contributed by atoms with Crippen LogP contribution in [0.25, 0.3) is 0 Å². The number of nitrogens with zero attached hydrogens (tertiary/aromatic N) is 1. The van der Waals surface area contributed by atoms with E-state index >= 15 is 0 Å². The summed E-state index contributed by atoms with van der Waals surface area (Å²) in [6.45, 7) is 3.25. The smallest absolute Gasteiger partial charge is 0.385 e. The number of carbonyl (C=O) groups is 2. The number of alkyl halides is 3. The lowest BCUT2D eigenvalue weighted by Gasteiger charge is -2.40. The molecule has 1 heterocycles. The van der Waals surface area contributed by atoms with Crippen molar-refractivity contribution in [1.29, 1.82) is 0 Å². The van der Waals surface area contributed by atoms with E-state index in [1.54, 1.807) is 0 Å². The lowest BCUT2D eigenvalue weighted by molar-refractivity contribution is -0.137. The Kier molecular flexibility index (Phi) is 7.70. The van der Waals surface area contributed by atoms with E-state index in [4.69, 9.17) is 0 Å². The van der Waals surface area contributed by atoms with E-state index in [0.717, 1.165) is 55.1 Å². The molecule has 3 N–H and O–H groups in total. The van der Waals surface area contributed by atoms with Gasteiger partial charge in [0.25, 0.3) is 5.91 Å². The van der Waals surface area contributed by atoms with Crippen molar-refractivity contribution >= 4 is 11.8 Å². The number of benzene rings is 2. The maximum absolute atomic E-state index is 12.9. The summed E-state index contributed by atoms with van der Waals surface area (Å²) in [6, 6.07) is 12.4. The first-order valence-electron chi connectivity index (χ1n) is 12.3. The van der Waals surface area contributed by atoms with Gasteiger partial charge in [0, 0.05) is 30.7 Å². The van der Waals surface area contributed by atoms with Crippen LogP contribution in [0.5, 0.6) is 0 Å². The first kappa shape index (κ1) is 26.2. The van der Waals surface area contributed by atoms with Crippen LogP contribution in [0.2, 0.25) is 0 Å². The fourth-order valence-electron chi connectivity index (χ4n) is 5.42. The molecule has 1 aliphatic heterocycles. The predicted octanol–water partition coefficient (Wildman–Crippen LogP) is 3.76. The van der Waals surface area contributed by atoms with E-state index in [1.807, 2.05) is 31.2 Å². The minimum absolute atomic E-state index is 0.0554. The van der Waals surface area contributed by atoms with Crippen molar-refractivity contribution in [3.05, 3.63) is 70.8 Å². The van der Waals surface area contributed by atoms with Crippen LogP contribution in [-0.4, -0.2) is 53.5 Å². The minimum Gasteiger partial charge on any atom is -0.385 e. The molecule has 0 radical (unpaired) electrons. The SMILES string of the molecule is Cc1ccccc1C1(O)CCC(N2CCC(NC(=O)CNC(=O)c3cccc(C(F)(F)F)c3)C2)CC1. The lowest BCUT2D eigenvalue weighted by Crippen LogP contribution is -2.45. The van der Waals surface area contributed by atoms with E-state index in [1.165, 1.54) is 6.07 Å². The number of aryl methyl sites for hydroxylation is 1. The molecule has 4 rings (SSSR count). The second kappa shape index (κ2) is 10.6. The summed E-state index contributed by atoms with van der Waals surface area (Å²) in [4.78, 5) is 26.9. The Balaban J connectivity index is 1.22. The number of amides is 2. The summed E-state index contributed by atoms with van der Waals surface area (Å²) in [5.41, 5.74) is 0.246. The van der Waals surface area contributed by atoms with Crippen LogP contribution < -0.4 is 10.6 Å². The zero-order valence-electron chi connectivity index (χ0n) is 20.3. The minimum atomic E-state index is -4.54. The Morgan fingerprint density at radius 2 is 1.81 bits per heavy atom. The van der Waals surface area contributed by atoms with Crippen molar-refractivity contribution in [2.24, 2.45) is 0 Å². The van der Waals surface area contributed by atoms with Gasteiger partial charge in [0.15, 0.2) is 0 Å². The first-order valence-corrected chi connectivity index (χ1v) is 12.3. The number of halogens is 3. The van der Waals surface area contributed by atoms with Gasteiger partial charge < -0.3 is 15.7 Å². The maximum Gasteiger partial charge on any atom is 0.416 e. The van der Waals surface area contributed by atoms with Gasteiger partial charge in [-0.1, -0.05) is 30.3 Å². The van der Waals surface area contributed by atoms with Gasteiger partial charge in [0.1, 0.15) is 0 Å². The second-order valence-electron chi connectivity index (χ2n) is 9.89. The molecule has 1 aliphatic carbocycles. The molecule has 9 heteroatoms. The van der Waals surface area contributed by atoms with Crippen LogP contribution >= 0.6 is 0 Å². The number of likely N-dealkylation sites (tertiary alicyclic amines) is 1. The Bertz CT molecular complexity index is 1100. The first-order chi connectivity index (χ1) is 17.0. The van der Waals surface area contributed by atoms with Crippen LogP contribution in [0, 0.1) is 6.92 Å². The molecule has 1 saturated carbocycles. The largest absolute Gasteiger partial charge is 0.416 e. The van der Waals surface area contributed by atoms with Gasteiger partial charge in [0.2, 0.25) is 5.91 Å². The highest BCUT2D eigenvalue weighted by molar-refractivity contribution is 5.96. The number of hydrogen-bond acceptors (Lipinski definition) is 4. The van der Waals surface area contributed by atoms with Crippen molar-refractivity contribution < 1.29 is 27.9 Å². The Hall–Kier alpha value is -2.91. The maximum atomic E-state index is 12.9. The molecule has 0 bridgehead atoms. The quantitative estimate of drug-likeness (QED) is 0.561. The van der Waals surface area contributed by atoms with Gasteiger partial charge >= 0.3 is 6.18 Å². The summed E-state index contributed by atoms with van der Waals surface area (Å²) in [5.74, 6) is -1.10. The Labute approximate surface area is 208 Å². The number of hydrogen-bond donors (Lipinski definition) is 3. The van der Waals surface area contributed by atoms with Crippen molar-refractivity contribution in [2.45, 2.75) is 62.9 Å². The van der Waals surface area contributed by atoms with Crippen molar-refractivity contribution in [3.63, 3.8) is 0 Å². The highest BCUT2D eigenvalue weighted by Crippen LogP contribution is 2.40. The molecular weight excluding hydrogens is 471 g/mol. The molecule has 1 atom stereocenters. The Morgan fingerprint density at radius 1 is 1.08 bits per heavy atom. The molecule has 2 fully saturated rings. The van der Waals surface area contributed by atoms with Gasteiger partial charge in [0.05, 0.1) is 17.7 Å². The van der Waals surface area contributed by atoms with E-state index in [0.29, 0.717) is 25.4 Å².